The number of carbonyl (C=O) groups is 1. The van der Waals surface area contributed by atoms with Gasteiger partial charge in [-0.15, -0.1) is 0 Å². The molecule has 0 unspecified atom stereocenters. The van der Waals surface area contributed by atoms with E-state index in [1.54, 1.807) is 24.8 Å². The molecule has 10 heteroatoms. The molecule has 10 nitrogen and oxygen atoms in total. The Morgan fingerprint density at radius 2 is 1.82 bits per heavy atom. The van der Waals surface area contributed by atoms with E-state index in [9.17, 15) is 9.59 Å². The van der Waals surface area contributed by atoms with E-state index in [0.717, 1.165) is 23.0 Å². The van der Waals surface area contributed by atoms with E-state index in [2.05, 4.69) is 15.5 Å². The smallest absolute Gasteiger partial charge is 0.368 e. The quantitative estimate of drug-likeness (QED) is 0.381. The van der Waals surface area contributed by atoms with E-state index in [1.807, 2.05) is 50.2 Å². The number of hydrogen-bond donors (Lipinski definition) is 0. The number of aldehydes is 1. The highest BCUT2D eigenvalue weighted by Crippen LogP contribution is 2.32. The van der Waals surface area contributed by atoms with Gasteiger partial charge >= 0.3 is 5.69 Å². The Bertz CT molecular complexity index is 1370. The van der Waals surface area contributed by atoms with Crippen molar-refractivity contribution in [2.24, 2.45) is 14.1 Å². The SMILES string of the molecule is CCOc1c(C=O)c(-c2ccc(OCc3ccccc3-n3nnn(C)c3=O)c(C)c2)nn1C. The van der Waals surface area contributed by atoms with E-state index in [4.69, 9.17) is 9.47 Å². The molecule has 0 amide bonds. The molecule has 0 N–H and O–H groups in total. The largest absolute Gasteiger partial charge is 0.489 e. The van der Waals surface area contributed by atoms with Crippen LogP contribution in [0, 0.1) is 6.92 Å². The predicted molar refractivity (Wildman–Crippen MR) is 121 cm³/mol. The lowest BCUT2D eigenvalue weighted by molar-refractivity contribution is 0.112. The van der Waals surface area contributed by atoms with Crippen molar-refractivity contribution in [3.8, 4) is 28.6 Å². The van der Waals surface area contributed by atoms with E-state index in [0.29, 0.717) is 35.2 Å². The Morgan fingerprint density at radius 3 is 2.48 bits per heavy atom. The highest BCUT2D eigenvalue weighted by atomic mass is 16.5. The molecule has 0 bridgehead atoms. The van der Waals surface area contributed by atoms with Crippen molar-refractivity contribution < 1.29 is 14.3 Å². The Labute approximate surface area is 190 Å². The van der Waals surface area contributed by atoms with Crippen LogP contribution in [0.2, 0.25) is 0 Å². The summed E-state index contributed by atoms with van der Waals surface area (Å²) in [6, 6.07) is 13.0. The van der Waals surface area contributed by atoms with Crippen LogP contribution in [-0.2, 0) is 20.7 Å². The second-order valence-electron chi connectivity index (χ2n) is 7.44. The van der Waals surface area contributed by atoms with Crippen molar-refractivity contribution in [2.45, 2.75) is 20.5 Å². The van der Waals surface area contributed by atoms with Crippen molar-refractivity contribution in [3.63, 3.8) is 0 Å². The van der Waals surface area contributed by atoms with Gasteiger partial charge in [0, 0.05) is 25.2 Å². The highest BCUT2D eigenvalue weighted by molar-refractivity contribution is 5.89. The Balaban J connectivity index is 1.59. The number of tetrazole rings is 1. The number of benzene rings is 2. The second kappa shape index (κ2) is 9.11. The van der Waals surface area contributed by atoms with Crippen LogP contribution in [0.25, 0.3) is 16.9 Å². The summed E-state index contributed by atoms with van der Waals surface area (Å²) in [6.07, 6.45) is 0.762. The van der Waals surface area contributed by atoms with Gasteiger partial charge < -0.3 is 9.47 Å². The van der Waals surface area contributed by atoms with E-state index >= 15 is 0 Å². The average Bonchev–Trinajstić information content (AvgIpc) is 3.32. The third-order valence-corrected chi connectivity index (χ3v) is 5.20. The topological polar surface area (TPSA) is 106 Å². The molecule has 33 heavy (non-hydrogen) atoms. The number of aromatic nitrogens is 6. The summed E-state index contributed by atoms with van der Waals surface area (Å²) in [7, 11) is 3.29. The first-order valence-corrected chi connectivity index (χ1v) is 10.4. The van der Waals surface area contributed by atoms with E-state index in [1.165, 1.54) is 9.36 Å². The van der Waals surface area contributed by atoms with Crippen LogP contribution in [0.15, 0.2) is 47.3 Å². The molecule has 2 aromatic heterocycles. The number of carbonyl (C=O) groups excluding carboxylic acids is 1. The number of ether oxygens (including phenoxy) is 2. The summed E-state index contributed by atoms with van der Waals surface area (Å²) in [4.78, 5) is 24.0. The van der Waals surface area contributed by atoms with Gasteiger partial charge in [0.2, 0.25) is 5.88 Å². The van der Waals surface area contributed by atoms with Crippen LogP contribution in [0.3, 0.4) is 0 Å². The maximum Gasteiger partial charge on any atom is 0.368 e. The lowest BCUT2D eigenvalue weighted by Gasteiger charge is -2.12. The summed E-state index contributed by atoms with van der Waals surface area (Å²) in [5.74, 6) is 1.12. The van der Waals surface area contributed by atoms with Gasteiger partial charge in [-0.1, -0.05) is 18.2 Å². The van der Waals surface area contributed by atoms with Gasteiger partial charge in [0.1, 0.15) is 23.6 Å². The zero-order valence-corrected chi connectivity index (χ0v) is 18.8. The van der Waals surface area contributed by atoms with Gasteiger partial charge in [-0.25, -0.2) is 9.48 Å². The number of para-hydroxylation sites is 1. The fraction of sp³-hybridized carbons (Fsp3) is 0.261. The zero-order chi connectivity index (χ0) is 23.5. The van der Waals surface area contributed by atoms with Gasteiger partial charge in [-0.05, 0) is 54.1 Å². The van der Waals surface area contributed by atoms with Crippen molar-refractivity contribution in [1.82, 2.24) is 29.6 Å². The number of nitrogens with zero attached hydrogens (tertiary/aromatic N) is 6. The minimum atomic E-state index is -0.337. The minimum absolute atomic E-state index is 0.233. The lowest BCUT2D eigenvalue weighted by Crippen LogP contribution is -2.23. The van der Waals surface area contributed by atoms with E-state index < -0.39 is 0 Å². The summed E-state index contributed by atoms with van der Waals surface area (Å²) in [6.45, 7) is 4.45. The van der Waals surface area contributed by atoms with Gasteiger partial charge in [-0.2, -0.15) is 14.5 Å². The molecule has 0 saturated heterocycles. The molecule has 0 aliphatic rings. The molecular formula is C23H24N6O4. The Hall–Kier alpha value is -4.21. The van der Waals surface area contributed by atoms with Crippen molar-refractivity contribution in [2.75, 3.05) is 6.61 Å². The Morgan fingerprint density at radius 1 is 1.03 bits per heavy atom. The maximum absolute atomic E-state index is 12.3. The molecule has 0 saturated carbocycles. The molecule has 4 aromatic rings. The molecule has 2 heterocycles. The molecule has 170 valence electrons. The first-order valence-electron chi connectivity index (χ1n) is 10.4. The standard InChI is InChI=1S/C23H24N6O4/c1-5-32-22-18(13-30)21(24-27(22)3)16-10-11-20(15(2)12-16)33-14-17-8-6-7-9-19(17)29-23(31)28(4)25-26-29/h6-13H,5,14H2,1-4H3. The normalized spacial score (nSPS) is 10.9. The molecular weight excluding hydrogens is 424 g/mol. The monoisotopic (exact) mass is 448 g/mol. The molecule has 0 radical (unpaired) electrons. The van der Waals surface area contributed by atoms with Crippen LogP contribution in [0.1, 0.15) is 28.4 Å². The summed E-state index contributed by atoms with van der Waals surface area (Å²) in [5.41, 5.74) is 3.69. The highest BCUT2D eigenvalue weighted by Gasteiger charge is 2.19. The summed E-state index contributed by atoms with van der Waals surface area (Å²) in [5, 5.41) is 12.2. The first kappa shape index (κ1) is 22.0. The molecule has 0 aliphatic carbocycles. The lowest BCUT2D eigenvalue weighted by atomic mass is 10.1. The molecule has 0 spiro atoms. The Kier molecular flexibility index (Phi) is 6.07. The van der Waals surface area contributed by atoms with Gasteiger partial charge in [-0.3, -0.25) is 4.79 Å². The second-order valence-corrected chi connectivity index (χ2v) is 7.44. The zero-order valence-electron chi connectivity index (χ0n) is 18.8. The number of rotatable bonds is 8. The van der Waals surface area contributed by atoms with Crippen LogP contribution < -0.4 is 15.2 Å². The van der Waals surface area contributed by atoms with Crippen molar-refractivity contribution in [1.29, 1.82) is 0 Å². The minimum Gasteiger partial charge on any atom is -0.489 e. The van der Waals surface area contributed by atoms with E-state index in [-0.39, 0.29) is 12.3 Å². The fourth-order valence-corrected chi connectivity index (χ4v) is 3.57. The predicted octanol–water partition coefficient (Wildman–Crippen LogP) is 2.47. The van der Waals surface area contributed by atoms with Crippen LogP contribution in [0.4, 0.5) is 0 Å². The summed E-state index contributed by atoms with van der Waals surface area (Å²) >= 11 is 0. The third-order valence-electron chi connectivity index (χ3n) is 5.20. The fourth-order valence-electron chi connectivity index (χ4n) is 3.57. The van der Waals surface area contributed by atoms with Crippen LogP contribution >= 0.6 is 0 Å². The molecule has 0 fully saturated rings. The van der Waals surface area contributed by atoms with Crippen LogP contribution in [-0.4, -0.2) is 42.5 Å². The van der Waals surface area contributed by atoms with Gasteiger partial charge in [0.25, 0.3) is 0 Å². The third kappa shape index (κ3) is 4.14. The van der Waals surface area contributed by atoms with Crippen molar-refractivity contribution in [3.05, 3.63) is 69.6 Å². The number of hydrogen-bond acceptors (Lipinski definition) is 7. The number of aryl methyl sites for hydroxylation is 3. The molecule has 0 atom stereocenters. The maximum atomic E-state index is 12.3. The van der Waals surface area contributed by atoms with Crippen molar-refractivity contribution >= 4 is 6.29 Å². The van der Waals surface area contributed by atoms with Gasteiger partial charge in [0.05, 0.1) is 12.3 Å². The summed E-state index contributed by atoms with van der Waals surface area (Å²) < 4.78 is 15.6. The molecule has 0 aliphatic heterocycles. The van der Waals surface area contributed by atoms with Crippen LogP contribution in [0.5, 0.6) is 11.6 Å². The first-order chi connectivity index (χ1) is 15.9. The molecule has 2 aromatic carbocycles. The average molecular weight is 448 g/mol. The molecule has 4 rings (SSSR count). The van der Waals surface area contributed by atoms with Gasteiger partial charge in [0.15, 0.2) is 6.29 Å².